The molecule has 1 aromatic rings. The van der Waals surface area contributed by atoms with E-state index in [9.17, 15) is 13.2 Å². The first-order chi connectivity index (χ1) is 9.23. The van der Waals surface area contributed by atoms with Gasteiger partial charge in [-0.2, -0.15) is 10.4 Å². The van der Waals surface area contributed by atoms with Crippen LogP contribution in [0.4, 0.5) is 18.9 Å². The fourth-order valence-corrected chi connectivity index (χ4v) is 1.52. The molecular formula is C10H7F3IN5O. The van der Waals surface area contributed by atoms with Gasteiger partial charge in [-0.15, -0.1) is 13.2 Å². The summed E-state index contributed by atoms with van der Waals surface area (Å²) in [4.78, 5) is 0. The van der Waals surface area contributed by atoms with Gasteiger partial charge in [0, 0.05) is 3.57 Å². The monoisotopic (exact) mass is 397 g/mol. The second-order valence-corrected chi connectivity index (χ2v) is 4.53. The Morgan fingerprint density at radius 1 is 1.50 bits per heavy atom. The molecule has 6 nitrogen and oxygen atoms in total. The largest absolute Gasteiger partial charge is 0.573 e. The Bertz CT molecular complexity index is 594. The third-order valence-corrected chi connectivity index (χ3v) is 2.49. The number of rotatable bonds is 4. The highest BCUT2D eigenvalue weighted by atomic mass is 127. The molecule has 0 bridgehead atoms. The number of nitrogens with two attached hydrogens (primary N) is 1. The minimum Gasteiger partial charge on any atom is -0.403 e. The van der Waals surface area contributed by atoms with Crippen LogP contribution >= 0.6 is 22.6 Å². The van der Waals surface area contributed by atoms with Crippen molar-refractivity contribution in [2.45, 2.75) is 6.36 Å². The number of alkyl halides is 3. The maximum absolute atomic E-state index is 12.3. The van der Waals surface area contributed by atoms with Gasteiger partial charge in [0.15, 0.2) is 11.6 Å². The van der Waals surface area contributed by atoms with Gasteiger partial charge in [0.25, 0.3) is 0 Å². The lowest BCUT2D eigenvalue weighted by atomic mass is 10.3. The van der Waals surface area contributed by atoms with Gasteiger partial charge in [0.2, 0.25) is 5.71 Å². The predicted octanol–water partition coefficient (Wildman–Crippen LogP) is 2.42. The molecule has 0 saturated carbocycles. The molecule has 0 fully saturated rings. The number of nitrogens with one attached hydrogen (secondary N) is 2. The van der Waals surface area contributed by atoms with Gasteiger partial charge in [0.05, 0.1) is 5.69 Å². The van der Waals surface area contributed by atoms with Crippen LogP contribution in [0.1, 0.15) is 0 Å². The summed E-state index contributed by atoms with van der Waals surface area (Å²) in [5.74, 6) is -1.11. The van der Waals surface area contributed by atoms with Gasteiger partial charge in [-0.3, -0.25) is 10.8 Å². The summed E-state index contributed by atoms with van der Waals surface area (Å²) in [6.45, 7) is 0. The van der Waals surface area contributed by atoms with Crippen molar-refractivity contribution in [1.82, 2.24) is 0 Å². The first kappa shape index (κ1) is 16.0. The fraction of sp³-hybridized carbons (Fsp3) is 0.100. The number of halogens is 4. The minimum atomic E-state index is -4.86. The van der Waals surface area contributed by atoms with E-state index in [1.165, 1.54) is 18.2 Å². The maximum Gasteiger partial charge on any atom is 0.573 e. The lowest BCUT2D eigenvalue weighted by molar-refractivity contribution is -0.274. The Hall–Kier alpha value is -2.03. The SMILES string of the molecule is N#C/C(=N\Nc1ccc(I)cc1OC(F)(F)F)C(=N)N. The zero-order valence-electron chi connectivity index (χ0n) is 9.62. The van der Waals surface area contributed by atoms with Crippen molar-refractivity contribution in [3.8, 4) is 11.8 Å². The van der Waals surface area contributed by atoms with Crippen LogP contribution in [0.25, 0.3) is 0 Å². The zero-order valence-corrected chi connectivity index (χ0v) is 11.8. The number of hydrogen-bond donors (Lipinski definition) is 3. The summed E-state index contributed by atoms with van der Waals surface area (Å²) >= 11 is 1.82. The molecule has 0 spiro atoms. The average Bonchev–Trinajstić information content (AvgIpc) is 2.29. The number of ether oxygens (including phenoxy) is 1. The quantitative estimate of drug-likeness (QED) is 0.314. The van der Waals surface area contributed by atoms with Crippen LogP contribution in [0.3, 0.4) is 0 Å². The van der Waals surface area contributed by atoms with Crippen molar-refractivity contribution in [2.24, 2.45) is 10.8 Å². The van der Waals surface area contributed by atoms with Crippen LogP contribution in [0.2, 0.25) is 0 Å². The molecule has 0 aromatic heterocycles. The van der Waals surface area contributed by atoms with E-state index in [1.54, 1.807) is 0 Å². The molecule has 0 unspecified atom stereocenters. The molecule has 0 radical (unpaired) electrons. The van der Waals surface area contributed by atoms with E-state index in [2.05, 4.69) is 15.3 Å². The predicted molar refractivity (Wildman–Crippen MR) is 74.4 cm³/mol. The van der Waals surface area contributed by atoms with Crippen LogP contribution in [0.15, 0.2) is 23.3 Å². The Morgan fingerprint density at radius 3 is 2.65 bits per heavy atom. The molecular weight excluding hydrogens is 390 g/mol. The highest BCUT2D eigenvalue weighted by Gasteiger charge is 2.32. The molecule has 20 heavy (non-hydrogen) atoms. The molecule has 1 rings (SSSR count). The number of hydrogen-bond acceptors (Lipinski definition) is 5. The highest BCUT2D eigenvalue weighted by molar-refractivity contribution is 14.1. The van der Waals surface area contributed by atoms with Crippen LogP contribution in [-0.4, -0.2) is 17.9 Å². The van der Waals surface area contributed by atoms with Crippen LogP contribution < -0.4 is 15.9 Å². The third kappa shape index (κ3) is 4.92. The Kier molecular flexibility index (Phi) is 5.14. The third-order valence-electron chi connectivity index (χ3n) is 1.82. The average molecular weight is 397 g/mol. The first-order valence-corrected chi connectivity index (χ1v) is 5.94. The Labute approximate surface area is 125 Å². The standard InChI is InChI=1S/C10H7F3IN5O/c11-10(12,13)20-8-3-5(14)1-2-6(8)18-19-7(4-15)9(16)17/h1-3,18H,(H3,16,17)/b19-7+. The van der Waals surface area contributed by atoms with Crippen molar-refractivity contribution in [3.05, 3.63) is 21.8 Å². The normalized spacial score (nSPS) is 11.7. The number of benzene rings is 1. The first-order valence-electron chi connectivity index (χ1n) is 4.86. The summed E-state index contributed by atoms with van der Waals surface area (Å²) in [5, 5.41) is 19.1. The van der Waals surface area contributed by atoms with E-state index in [0.717, 1.165) is 6.07 Å². The Morgan fingerprint density at radius 2 is 2.15 bits per heavy atom. The van der Waals surface area contributed by atoms with Crippen LogP contribution in [-0.2, 0) is 0 Å². The smallest absolute Gasteiger partial charge is 0.403 e. The molecule has 0 amide bonds. The van der Waals surface area contributed by atoms with Crippen LogP contribution in [0.5, 0.6) is 5.75 Å². The number of hydrazone groups is 1. The molecule has 1 aromatic carbocycles. The van der Waals surface area contributed by atoms with Crippen molar-refractivity contribution >= 4 is 39.8 Å². The summed E-state index contributed by atoms with van der Waals surface area (Å²) in [6.07, 6.45) is -4.86. The number of anilines is 1. The molecule has 0 atom stereocenters. The van der Waals surface area contributed by atoms with Gasteiger partial charge in [0.1, 0.15) is 6.07 Å². The molecule has 0 aliphatic carbocycles. The molecule has 10 heteroatoms. The molecule has 0 aliphatic heterocycles. The van der Waals surface area contributed by atoms with Gasteiger partial charge >= 0.3 is 6.36 Å². The summed E-state index contributed by atoms with van der Waals surface area (Å²) < 4.78 is 41.1. The van der Waals surface area contributed by atoms with Crippen molar-refractivity contribution in [3.63, 3.8) is 0 Å². The molecule has 0 aliphatic rings. The second kappa shape index (κ2) is 6.42. The van der Waals surface area contributed by atoms with E-state index >= 15 is 0 Å². The van der Waals surface area contributed by atoms with E-state index in [4.69, 9.17) is 16.4 Å². The van der Waals surface area contributed by atoms with Crippen LogP contribution in [0, 0.1) is 20.3 Å². The van der Waals surface area contributed by atoms with E-state index in [0.29, 0.717) is 3.57 Å². The number of nitrogens with zero attached hydrogens (tertiary/aromatic N) is 2. The van der Waals surface area contributed by atoms with Gasteiger partial charge in [-0.25, -0.2) is 0 Å². The Balaban J connectivity index is 3.07. The van der Waals surface area contributed by atoms with E-state index in [1.807, 2.05) is 22.6 Å². The maximum atomic E-state index is 12.3. The van der Waals surface area contributed by atoms with E-state index < -0.39 is 23.7 Å². The summed E-state index contributed by atoms with van der Waals surface area (Å²) in [5.41, 5.74) is 6.69. The number of amidine groups is 1. The second-order valence-electron chi connectivity index (χ2n) is 3.29. The van der Waals surface area contributed by atoms with Crippen molar-refractivity contribution in [2.75, 3.05) is 5.43 Å². The lowest BCUT2D eigenvalue weighted by Gasteiger charge is -2.13. The number of nitriles is 1. The lowest BCUT2D eigenvalue weighted by Crippen LogP contribution is -2.22. The highest BCUT2D eigenvalue weighted by Crippen LogP contribution is 2.31. The van der Waals surface area contributed by atoms with Crippen molar-refractivity contribution in [1.29, 1.82) is 10.7 Å². The van der Waals surface area contributed by atoms with Crippen molar-refractivity contribution < 1.29 is 17.9 Å². The zero-order chi connectivity index (χ0) is 15.3. The van der Waals surface area contributed by atoms with Gasteiger partial charge in [-0.05, 0) is 40.8 Å². The molecule has 4 N–H and O–H groups in total. The molecule has 106 valence electrons. The molecule has 0 heterocycles. The topological polar surface area (TPSA) is 107 Å². The fourth-order valence-electron chi connectivity index (χ4n) is 1.06. The summed E-state index contributed by atoms with van der Waals surface area (Å²) in [7, 11) is 0. The van der Waals surface area contributed by atoms with E-state index in [-0.39, 0.29) is 5.69 Å². The minimum absolute atomic E-state index is 0.114. The van der Waals surface area contributed by atoms with Gasteiger partial charge < -0.3 is 10.5 Å². The summed E-state index contributed by atoms with van der Waals surface area (Å²) in [6, 6.07) is 5.48. The van der Waals surface area contributed by atoms with Gasteiger partial charge in [-0.1, -0.05) is 0 Å². The molecule has 0 saturated heterocycles.